The zero-order valence-electron chi connectivity index (χ0n) is 17.2. The summed E-state index contributed by atoms with van der Waals surface area (Å²) in [6.45, 7) is 2.07. The minimum Gasteiger partial charge on any atom is -0.507 e. The molecule has 31 heavy (non-hydrogen) atoms. The molecule has 3 aromatic rings. The largest absolute Gasteiger partial charge is 0.507 e. The summed E-state index contributed by atoms with van der Waals surface area (Å²) in [4.78, 5) is 12.5. The molecule has 0 heterocycles. The molecule has 0 aliphatic rings. The van der Waals surface area contributed by atoms with E-state index in [2.05, 4.69) is 10.5 Å². The van der Waals surface area contributed by atoms with Gasteiger partial charge in [-0.05, 0) is 48.9 Å². The first-order valence-electron chi connectivity index (χ1n) is 9.51. The molecule has 0 aromatic heterocycles. The minimum atomic E-state index is -3.61. The molecular formula is C23H23N3O4S. The van der Waals surface area contributed by atoms with Gasteiger partial charge in [-0.2, -0.15) is 9.41 Å². The van der Waals surface area contributed by atoms with Gasteiger partial charge in [-0.3, -0.25) is 4.79 Å². The van der Waals surface area contributed by atoms with Crippen molar-refractivity contribution in [3.05, 3.63) is 95.1 Å². The Hall–Kier alpha value is -3.49. The molecule has 2 N–H and O–H groups in total. The Morgan fingerprint density at radius 1 is 1.03 bits per heavy atom. The van der Waals surface area contributed by atoms with Crippen LogP contribution in [0.25, 0.3) is 0 Å². The number of carbonyl (C=O) groups excluding carboxylic acids is 1. The van der Waals surface area contributed by atoms with Crippen LogP contribution in [0.3, 0.4) is 0 Å². The fourth-order valence-corrected chi connectivity index (χ4v) is 3.97. The minimum absolute atomic E-state index is 0.0644. The van der Waals surface area contributed by atoms with Crippen LogP contribution in [0.2, 0.25) is 0 Å². The maximum atomic E-state index is 12.7. The second kappa shape index (κ2) is 9.55. The summed E-state index contributed by atoms with van der Waals surface area (Å²) in [6, 6.07) is 19.9. The lowest BCUT2D eigenvalue weighted by atomic mass is 10.1. The third-order valence-electron chi connectivity index (χ3n) is 4.66. The molecule has 3 rings (SSSR count). The highest BCUT2D eigenvalue weighted by molar-refractivity contribution is 7.89. The Morgan fingerprint density at radius 2 is 1.68 bits per heavy atom. The first-order valence-corrected chi connectivity index (χ1v) is 10.9. The monoisotopic (exact) mass is 437 g/mol. The number of sulfonamides is 1. The van der Waals surface area contributed by atoms with Gasteiger partial charge in [0.25, 0.3) is 5.91 Å². The SMILES string of the molecule is Cc1ccc(S(=O)(=O)N(C)Cc2ccc(C(=O)NN=Cc3ccccc3O)cc2)cc1. The summed E-state index contributed by atoms with van der Waals surface area (Å²) in [7, 11) is -2.09. The van der Waals surface area contributed by atoms with Crippen LogP contribution in [-0.2, 0) is 16.6 Å². The van der Waals surface area contributed by atoms with Gasteiger partial charge < -0.3 is 5.11 Å². The van der Waals surface area contributed by atoms with E-state index in [9.17, 15) is 18.3 Å². The summed E-state index contributed by atoms with van der Waals surface area (Å²) < 4.78 is 26.7. The van der Waals surface area contributed by atoms with Crippen molar-refractivity contribution in [3.63, 3.8) is 0 Å². The number of para-hydroxylation sites is 1. The highest BCUT2D eigenvalue weighted by Crippen LogP contribution is 2.18. The lowest BCUT2D eigenvalue weighted by molar-refractivity contribution is 0.0955. The van der Waals surface area contributed by atoms with Crippen molar-refractivity contribution >= 4 is 22.1 Å². The topological polar surface area (TPSA) is 99.1 Å². The lowest BCUT2D eigenvalue weighted by Gasteiger charge is -2.17. The van der Waals surface area contributed by atoms with Crippen LogP contribution in [0.4, 0.5) is 0 Å². The predicted molar refractivity (Wildman–Crippen MR) is 119 cm³/mol. The molecule has 0 atom stereocenters. The Morgan fingerprint density at radius 3 is 2.32 bits per heavy atom. The van der Waals surface area contributed by atoms with Crippen LogP contribution in [0.1, 0.15) is 27.0 Å². The van der Waals surface area contributed by atoms with Crippen molar-refractivity contribution in [2.75, 3.05) is 7.05 Å². The van der Waals surface area contributed by atoms with Gasteiger partial charge in [-0.15, -0.1) is 0 Å². The molecule has 0 fully saturated rings. The van der Waals surface area contributed by atoms with E-state index < -0.39 is 15.9 Å². The number of hydrogen-bond acceptors (Lipinski definition) is 5. The highest BCUT2D eigenvalue weighted by Gasteiger charge is 2.20. The zero-order chi connectivity index (χ0) is 22.4. The van der Waals surface area contributed by atoms with E-state index in [4.69, 9.17) is 0 Å². The molecule has 8 heteroatoms. The first-order chi connectivity index (χ1) is 14.8. The maximum absolute atomic E-state index is 12.7. The second-order valence-corrected chi connectivity index (χ2v) is 9.07. The Kier molecular flexibility index (Phi) is 6.84. The highest BCUT2D eigenvalue weighted by atomic mass is 32.2. The summed E-state index contributed by atoms with van der Waals surface area (Å²) in [6.07, 6.45) is 1.35. The van der Waals surface area contributed by atoms with Crippen molar-refractivity contribution in [2.24, 2.45) is 5.10 Å². The molecule has 0 spiro atoms. The van der Waals surface area contributed by atoms with Crippen LogP contribution in [0.15, 0.2) is 82.8 Å². The molecule has 0 saturated carbocycles. The summed E-state index contributed by atoms with van der Waals surface area (Å²) in [5.74, 6) is -0.353. The molecule has 0 radical (unpaired) electrons. The third kappa shape index (κ3) is 5.56. The van der Waals surface area contributed by atoms with Crippen molar-refractivity contribution in [2.45, 2.75) is 18.4 Å². The van der Waals surface area contributed by atoms with E-state index in [1.807, 2.05) is 6.92 Å². The molecule has 1 amide bonds. The van der Waals surface area contributed by atoms with E-state index in [0.29, 0.717) is 11.1 Å². The number of amides is 1. The number of aryl methyl sites for hydroxylation is 1. The number of hydrogen-bond donors (Lipinski definition) is 2. The van der Waals surface area contributed by atoms with Crippen molar-refractivity contribution in [3.8, 4) is 5.75 Å². The van der Waals surface area contributed by atoms with Gasteiger partial charge in [0.05, 0.1) is 11.1 Å². The van der Waals surface area contributed by atoms with E-state index in [-0.39, 0.29) is 17.2 Å². The fraction of sp³-hybridized carbons (Fsp3) is 0.130. The van der Waals surface area contributed by atoms with Gasteiger partial charge in [0.15, 0.2) is 0 Å². The van der Waals surface area contributed by atoms with Crippen LogP contribution in [0, 0.1) is 6.92 Å². The van der Waals surface area contributed by atoms with Crippen LogP contribution in [0.5, 0.6) is 5.75 Å². The molecule has 0 aliphatic carbocycles. The number of hydrazone groups is 1. The number of nitrogens with zero attached hydrogens (tertiary/aromatic N) is 2. The number of aromatic hydroxyl groups is 1. The van der Waals surface area contributed by atoms with Gasteiger partial charge in [0.2, 0.25) is 10.0 Å². The second-order valence-electron chi connectivity index (χ2n) is 7.03. The standard InChI is InChI=1S/C23H23N3O4S/c1-17-7-13-21(14-8-17)31(29,30)26(2)16-18-9-11-19(12-10-18)23(28)25-24-15-20-5-3-4-6-22(20)27/h3-15,27H,16H2,1-2H3,(H,25,28). The number of rotatable bonds is 7. The molecule has 0 saturated heterocycles. The molecule has 160 valence electrons. The normalized spacial score (nSPS) is 11.7. The Labute approximate surface area is 181 Å². The summed E-state index contributed by atoms with van der Waals surface area (Å²) in [5, 5.41) is 13.5. The fourth-order valence-electron chi connectivity index (χ4n) is 2.82. The Bertz CT molecular complexity index is 1190. The van der Waals surface area contributed by atoms with Gasteiger partial charge in [0, 0.05) is 24.7 Å². The van der Waals surface area contributed by atoms with E-state index in [1.165, 1.54) is 23.6 Å². The summed E-state index contributed by atoms with van der Waals surface area (Å²) >= 11 is 0. The molecule has 0 bridgehead atoms. The number of nitrogens with one attached hydrogen (secondary N) is 1. The first kappa shape index (κ1) is 22.2. The van der Waals surface area contributed by atoms with Gasteiger partial charge in [0.1, 0.15) is 5.75 Å². The smallest absolute Gasteiger partial charge is 0.271 e. The average molecular weight is 438 g/mol. The molecule has 0 unspecified atom stereocenters. The lowest BCUT2D eigenvalue weighted by Crippen LogP contribution is -2.26. The van der Waals surface area contributed by atoms with Crippen LogP contribution < -0.4 is 5.43 Å². The average Bonchev–Trinajstić information content (AvgIpc) is 2.76. The Balaban J connectivity index is 1.62. The van der Waals surface area contributed by atoms with Gasteiger partial charge >= 0.3 is 0 Å². The van der Waals surface area contributed by atoms with Crippen LogP contribution >= 0.6 is 0 Å². The summed E-state index contributed by atoms with van der Waals surface area (Å²) in [5.41, 5.74) is 4.99. The number of carbonyl (C=O) groups is 1. The quantitative estimate of drug-likeness (QED) is 0.438. The number of phenols is 1. The predicted octanol–water partition coefficient (Wildman–Crippen LogP) is 3.29. The van der Waals surface area contributed by atoms with Gasteiger partial charge in [-0.1, -0.05) is 42.0 Å². The van der Waals surface area contributed by atoms with Gasteiger partial charge in [-0.25, -0.2) is 13.8 Å². The zero-order valence-corrected chi connectivity index (χ0v) is 18.0. The third-order valence-corrected chi connectivity index (χ3v) is 6.47. The van der Waals surface area contributed by atoms with Crippen molar-refractivity contribution in [1.29, 1.82) is 0 Å². The van der Waals surface area contributed by atoms with E-state index in [0.717, 1.165) is 11.1 Å². The molecule has 7 nitrogen and oxygen atoms in total. The van der Waals surface area contributed by atoms with Crippen molar-refractivity contribution in [1.82, 2.24) is 9.73 Å². The maximum Gasteiger partial charge on any atom is 0.271 e. The molecule has 3 aromatic carbocycles. The van der Waals surface area contributed by atoms with Crippen LogP contribution in [-0.4, -0.2) is 37.0 Å². The molecular weight excluding hydrogens is 414 g/mol. The molecule has 0 aliphatic heterocycles. The van der Waals surface area contributed by atoms with Crippen molar-refractivity contribution < 1.29 is 18.3 Å². The number of phenolic OH excluding ortho intramolecular Hbond substituents is 1. The van der Waals surface area contributed by atoms with E-state index >= 15 is 0 Å². The number of benzene rings is 3. The van der Waals surface area contributed by atoms with E-state index in [1.54, 1.807) is 66.7 Å².